The minimum absolute atomic E-state index is 0.313. The Labute approximate surface area is 76.3 Å². The highest BCUT2D eigenvalue weighted by Gasteiger charge is 2.13. The number of carbonyl (C=O) groups is 1. The maximum Gasteiger partial charge on any atom is 0.250 e. The predicted molar refractivity (Wildman–Crippen MR) is 51.5 cm³/mol. The lowest BCUT2D eigenvalue weighted by Gasteiger charge is -2.25. The zero-order valence-electron chi connectivity index (χ0n) is 7.15. The van der Waals surface area contributed by atoms with Gasteiger partial charge in [-0.3, -0.25) is 4.79 Å². The molecular formula is C8H12N2OS. The molecule has 1 aliphatic heterocycles. The fourth-order valence-corrected chi connectivity index (χ4v) is 1.68. The first-order chi connectivity index (χ1) is 5.65. The van der Waals surface area contributed by atoms with Gasteiger partial charge >= 0.3 is 0 Å². The Morgan fingerprint density at radius 3 is 2.83 bits per heavy atom. The third kappa shape index (κ3) is 1.82. The van der Waals surface area contributed by atoms with Crippen molar-refractivity contribution in [2.24, 2.45) is 5.73 Å². The zero-order chi connectivity index (χ0) is 9.14. The van der Waals surface area contributed by atoms with Crippen LogP contribution >= 0.6 is 11.8 Å². The van der Waals surface area contributed by atoms with Gasteiger partial charge in [-0.2, -0.15) is 0 Å². The molecular weight excluding hydrogens is 172 g/mol. The summed E-state index contributed by atoms with van der Waals surface area (Å²) in [5.41, 5.74) is 5.68. The summed E-state index contributed by atoms with van der Waals surface area (Å²) in [5, 5.41) is 0.313. The highest BCUT2D eigenvalue weighted by atomic mass is 32.2. The van der Waals surface area contributed by atoms with Crippen LogP contribution in [0.1, 0.15) is 0 Å². The van der Waals surface area contributed by atoms with Crippen molar-refractivity contribution in [3.63, 3.8) is 0 Å². The van der Waals surface area contributed by atoms with Gasteiger partial charge in [0.25, 0.3) is 0 Å². The van der Waals surface area contributed by atoms with E-state index in [-0.39, 0.29) is 5.91 Å². The van der Waals surface area contributed by atoms with E-state index in [0.717, 1.165) is 0 Å². The van der Waals surface area contributed by atoms with Crippen LogP contribution in [0.15, 0.2) is 23.9 Å². The third-order valence-electron chi connectivity index (χ3n) is 1.71. The molecule has 0 aromatic heterocycles. The normalized spacial score (nSPS) is 22.3. The lowest BCUT2D eigenvalue weighted by molar-refractivity contribution is -0.114. The van der Waals surface area contributed by atoms with Crippen LogP contribution in [-0.4, -0.2) is 29.5 Å². The van der Waals surface area contributed by atoms with Gasteiger partial charge in [0.05, 0.1) is 10.9 Å². The van der Waals surface area contributed by atoms with Crippen LogP contribution in [0.2, 0.25) is 0 Å². The number of amides is 1. The molecule has 0 aliphatic carbocycles. The summed E-state index contributed by atoms with van der Waals surface area (Å²) < 4.78 is 0. The summed E-state index contributed by atoms with van der Waals surface area (Å²) >= 11 is 1.71. The quantitative estimate of drug-likeness (QED) is 0.681. The molecule has 1 amide bonds. The van der Waals surface area contributed by atoms with Crippen molar-refractivity contribution in [3.8, 4) is 0 Å². The predicted octanol–water partition coefficient (Wildman–Crippen LogP) is 0.546. The molecule has 0 fully saturated rings. The van der Waals surface area contributed by atoms with E-state index in [1.807, 2.05) is 24.3 Å². The number of hydrogen-bond donors (Lipinski definition) is 1. The van der Waals surface area contributed by atoms with Crippen LogP contribution in [0.3, 0.4) is 0 Å². The molecule has 66 valence electrons. The number of hydrogen-bond acceptors (Lipinski definition) is 3. The molecule has 0 aromatic carbocycles. The molecule has 0 radical (unpaired) electrons. The van der Waals surface area contributed by atoms with Gasteiger partial charge in [-0.25, -0.2) is 0 Å². The summed E-state index contributed by atoms with van der Waals surface area (Å²) in [6.45, 7) is 0. The number of nitrogens with zero attached hydrogens (tertiary/aromatic N) is 1. The smallest absolute Gasteiger partial charge is 0.250 e. The number of nitrogens with two attached hydrogens (primary N) is 1. The number of primary amides is 1. The Kier molecular flexibility index (Phi) is 2.81. The lowest BCUT2D eigenvalue weighted by Crippen LogP contribution is -2.27. The van der Waals surface area contributed by atoms with Crippen LogP contribution in [-0.2, 0) is 4.79 Å². The van der Waals surface area contributed by atoms with Gasteiger partial charge in [-0.05, 0) is 12.3 Å². The first kappa shape index (κ1) is 9.19. The molecule has 1 rings (SSSR count). The summed E-state index contributed by atoms with van der Waals surface area (Å²) in [4.78, 5) is 12.7. The fraction of sp³-hybridized carbons (Fsp3) is 0.375. The van der Waals surface area contributed by atoms with E-state index in [9.17, 15) is 4.79 Å². The molecule has 1 heterocycles. The zero-order valence-corrected chi connectivity index (χ0v) is 7.97. The summed E-state index contributed by atoms with van der Waals surface area (Å²) in [5.74, 6) is -0.377. The minimum Gasteiger partial charge on any atom is -0.366 e. The Hall–Kier alpha value is -0.900. The molecule has 0 saturated heterocycles. The molecule has 1 aliphatic rings. The molecule has 12 heavy (non-hydrogen) atoms. The largest absolute Gasteiger partial charge is 0.366 e. The molecule has 0 aromatic rings. The van der Waals surface area contributed by atoms with Gasteiger partial charge in [0.1, 0.15) is 0 Å². The SMILES string of the molecule is CSC1C=CC(C(N)=O)=CN1C. The number of rotatable bonds is 2. The average Bonchev–Trinajstić information content (AvgIpc) is 2.04. The Bertz CT molecular complexity index is 247. The Balaban J connectivity index is 2.75. The summed E-state index contributed by atoms with van der Waals surface area (Å²) in [6.07, 6.45) is 7.52. The van der Waals surface area contributed by atoms with Crippen molar-refractivity contribution in [1.29, 1.82) is 0 Å². The standard InChI is InChI=1S/C8H12N2OS/c1-10-5-6(8(9)11)3-4-7(10)12-2/h3-5,7H,1-2H3,(H2,9,11). The highest BCUT2D eigenvalue weighted by molar-refractivity contribution is 7.99. The number of likely N-dealkylation sites (N-methyl/N-ethyl adjacent to an activating group) is 1. The molecule has 1 atom stereocenters. The molecule has 2 N–H and O–H groups in total. The highest BCUT2D eigenvalue weighted by Crippen LogP contribution is 2.18. The second-order valence-corrected chi connectivity index (χ2v) is 3.55. The van der Waals surface area contributed by atoms with E-state index < -0.39 is 0 Å². The van der Waals surface area contributed by atoms with Crippen molar-refractivity contribution < 1.29 is 4.79 Å². The van der Waals surface area contributed by atoms with Gasteiger partial charge in [-0.1, -0.05) is 6.08 Å². The van der Waals surface area contributed by atoms with Crippen molar-refractivity contribution in [1.82, 2.24) is 4.90 Å². The fourth-order valence-electron chi connectivity index (χ4n) is 1.05. The second kappa shape index (κ2) is 3.67. The first-order valence-electron chi connectivity index (χ1n) is 3.59. The van der Waals surface area contributed by atoms with Gasteiger partial charge in [0.2, 0.25) is 5.91 Å². The molecule has 0 spiro atoms. The van der Waals surface area contributed by atoms with Gasteiger partial charge in [-0.15, -0.1) is 11.8 Å². The van der Waals surface area contributed by atoms with E-state index in [4.69, 9.17) is 5.73 Å². The Morgan fingerprint density at radius 1 is 1.75 bits per heavy atom. The molecule has 3 nitrogen and oxygen atoms in total. The van der Waals surface area contributed by atoms with Crippen molar-refractivity contribution in [3.05, 3.63) is 23.9 Å². The molecule has 0 saturated carbocycles. The Morgan fingerprint density at radius 2 is 2.42 bits per heavy atom. The maximum atomic E-state index is 10.8. The minimum atomic E-state index is -0.377. The average molecular weight is 184 g/mol. The summed E-state index contributed by atoms with van der Waals surface area (Å²) in [6, 6.07) is 0. The van der Waals surface area contributed by atoms with E-state index in [1.165, 1.54) is 0 Å². The van der Waals surface area contributed by atoms with Crippen LogP contribution < -0.4 is 5.73 Å². The van der Waals surface area contributed by atoms with Crippen LogP contribution in [0.25, 0.3) is 0 Å². The van der Waals surface area contributed by atoms with Crippen LogP contribution in [0, 0.1) is 0 Å². The second-order valence-electron chi connectivity index (χ2n) is 2.60. The topological polar surface area (TPSA) is 46.3 Å². The van der Waals surface area contributed by atoms with Crippen LogP contribution in [0.4, 0.5) is 0 Å². The molecule has 0 bridgehead atoms. The van der Waals surface area contributed by atoms with Crippen molar-refractivity contribution in [2.75, 3.05) is 13.3 Å². The van der Waals surface area contributed by atoms with Gasteiger partial charge < -0.3 is 10.6 Å². The first-order valence-corrected chi connectivity index (χ1v) is 4.88. The summed E-state index contributed by atoms with van der Waals surface area (Å²) in [7, 11) is 1.92. The number of thioether (sulfide) groups is 1. The van der Waals surface area contributed by atoms with E-state index >= 15 is 0 Å². The molecule has 4 heteroatoms. The lowest BCUT2D eigenvalue weighted by atomic mass is 10.2. The van der Waals surface area contributed by atoms with E-state index in [2.05, 4.69) is 0 Å². The van der Waals surface area contributed by atoms with Crippen molar-refractivity contribution >= 4 is 17.7 Å². The third-order valence-corrected chi connectivity index (χ3v) is 2.68. The van der Waals surface area contributed by atoms with Crippen molar-refractivity contribution in [2.45, 2.75) is 5.37 Å². The number of carbonyl (C=O) groups excluding carboxylic acids is 1. The van der Waals surface area contributed by atoms with E-state index in [0.29, 0.717) is 10.9 Å². The molecule has 1 unspecified atom stereocenters. The van der Waals surface area contributed by atoms with Gasteiger partial charge in [0, 0.05) is 13.2 Å². The van der Waals surface area contributed by atoms with E-state index in [1.54, 1.807) is 24.0 Å². The maximum absolute atomic E-state index is 10.8. The van der Waals surface area contributed by atoms with Crippen LogP contribution in [0.5, 0.6) is 0 Å². The monoisotopic (exact) mass is 184 g/mol. The van der Waals surface area contributed by atoms with Gasteiger partial charge in [0.15, 0.2) is 0 Å².